The Morgan fingerprint density at radius 2 is 1.85 bits per heavy atom. The van der Waals surface area contributed by atoms with E-state index in [1.165, 1.54) is 6.08 Å². The predicted molar refractivity (Wildman–Crippen MR) is 39.3 cm³/mol. The Bertz CT molecular complexity index is 182. The molecular formula is C3H8NaO7PS. The number of hydrogen-bond acceptors (Lipinski definition) is 4. The molecule has 0 aliphatic heterocycles. The zero-order valence-electron chi connectivity index (χ0n) is 6.82. The molecule has 1 unspecified atom stereocenters. The first kappa shape index (κ1) is 19.5. The summed E-state index contributed by atoms with van der Waals surface area (Å²) >= 11 is -2.39. The average molecular weight is 242 g/mol. The molecule has 13 heavy (non-hydrogen) atoms. The Hall–Kier alpha value is 0.920. The minimum Gasteiger partial charge on any atom is -0.750 e. The second kappa shape index (κ2) is 11.0. The third-order valence-corrected chi connectivity index (χ3v) is 0.611. The fourth-order valence-electron chi connectivity index (χ4n) is 0.104. The molecule has 0 aliphatic rings. The summed E-state index contributed by atoms with van der Waals surface area (Å²) < 4.78 is 31.8. The zero-order chi connectivity index (χ0) is 10.2. The second-order valence-electron chi connectivity index (χ2n) is 1.29. The van der Waals surface area contributed by atoms with E-state index in [1.807, 2.05) is 0 Å². The van der Waals surface area contributed by atoms with Gasteiger partial charge in [0.2, 0.25) is 0 Å². The molecule has 74 valence electrons. The van der Waals surface area contributed by atoms with Gasteiger partial charge in [-0.1, -0.05) is 6.08 Å². The van der Waals surface area contributed by atoms with Gasteiger partial charge >= 0.3 is 37.4 Å². The first-order chi connectivity index (χ1) is 5.27. The normalized spacial score (nSPS) is 11.7. The van der Waals surface area contributed by atoms with Crippen molar-refractivity contribution >= 4 is 19.2 Å². The Morgan fingerprint density at radius 3 is 1.92 bits per heavy atom. The van der Waals surface area contributed by atoms with Crippen molar-refractivity contribution < 1.29 is 61.7 Å². The predicted octanol–water partition coefficient (Wildman–Crippen LogP) is -3.94. The van der Waals surface area contributed by atoms with Gasteiger partial charge in [-0.05, 0) is 0 Å². The molecule has 7 nitrogen and oxygen atoms in total. The van der Waals surface area contributed by atoms with Crippen molar-refractivity contribution in [3.8, 4) is 0 Å². The minimum absolute atomic E-state index is 0. The van der Waals surface area contributed by atoms with E-state index >= 15 is 0 Å². The zero-order valence-corrected chi connectivity index (χ0v) is 10.5. The van der Waals surface area contributed by atoms with Crippen LogP contribution in [0, 0.1) is 0 Å². The van der Waals surface area contributed by atoms with Crippen LogP contribution in [0.1, 0.15) is 0 Å². The number of hydrogen-bond donors (Lipinski definition) is 3. The van der Waals surface area contributed by atoms with Crippen molar-refractivity contribution in [3.05, 3.63) is 12.7 Å². The smallest absolute Gasteiger partial charge is 0.750 e. The monoisotopic (exact) mass is 242 g/mol. The van der Waals surface area contributed by atoms with Gasteiger partial charge in [-0.2, -0.15) is 0 Å². The quantitative estimate of drug-likeness (QED) is 0.199. The summed E-state index contributed by atoms with van der Waals surface area (Å²) in [5.74, 6) is 0. The van der Waals surface area contributed by atoms with Crippen LogP contribution in [0.4, 0.5) is 0 Å². The molecule has 1 atom stereocenters. The first-order valence-corrected chi connectivity index (χ1v) is 4.95. The van der Waals surface area contributed by atoms with Crippen molar-refractivity contribution in [2.75, 3.05) is 6.61 Å². The van der Waals surface area contributed by atoms with Gasteiger partial charge in [-0.15, -0.1) is 6.58 Å². The Morgan fingerprint density at radius 1 is 1.54 bits per heavy atom. The van der Waals surface area contributed by atoms with Crippen LogP contribution in [0.5, 0.6) is 0 Å². The molecule has 0 aromatic heterocycles. The maximum absolute atomic E-state index is 9.49. The van der Waals surface area contributed by atoms with Crippen LogP contribution in [0.15, 0.2) is 12.7 Å². The van der Waals surface area contributed by atoms with Gasteiger partial charge in [-0.25, -0.2) is 8.77 Å². The van der Waals surface area contributed by atoms with Gasteiger partial charge in [0, 0.05) is 0 Å². The van der Waals surface area contributed by atoms with Crippen LogP contribution >= 0.6 is 7.82 Å². The third kappa shape index (κ3) is 63.6. The van der Waals surface area contributed by atoms with Crippen molar-refractivity contribution in [2.24, 2.45) is 0 Å². The molecule has 0 saturated carbocycles. The molecule has 0 aliphatic carbocycles. The fraction of sp³-hybridized carbons (Fsp3) is 0.333. The Balaban J connectivity index is -0.000000150. The van der Waals surface area contributed by atoms with Gasteiger partial charge in [-0.3, -0.25) is 4.18 Å². The van der Waals surface area contributed by atoms with Crippen LogP contribution in [-0.2, 0) is 20.1 Å². The molecule has 0 amide bonds. The topological polar surface area (TPSA) is 127 Å². The molecule has 0 bridgehead atoms. The number of phosphoric acid groups is 1. The molecule has 10 heteroatoms. The van der Waals surface area contributed by atoms with E-state index in [4.69, 9.17) is 19.2 Å². The second-order valence-corrected chi connectivity index (χ2v) is 2.96. The molecule has 0 rings (SSSR count). The van der Waals surface area contributed by atoms with Crippen LogP contribution in [0.25, 0.3) is 0 Å². The van der Waals surface area contributed by atoms with Crippen molar-refractivity contribution in [2.45, 2.75) is 0 Å². The third-order valence-electron chi connectivity index (χ3n) is 0.282. The van der Waals surface area contributed by atoms with Crippen molar-refractivity contribution in [1.82, 2.24) is 0 Å². The van der Waals surface area contributed by atoms with Crippen LogP contribution in [-0.4, -0.2) is 30.0 Å². The summed E-state index contributed by atoms with van der Waals surface area (Å²) in [5.41, 5.74) is 0. The van der Waals surface area contributed by atoms with Crippen LogP contribution in [0.3, 0.4) is 0 Å². The van der Waals surface area contributed by atoms with E-state index in [9.17, 15) is 8.76 Å². The molecule has 0 fully saturated rings. The van der Waals surface area contributed by atoms with Gasteiger partial charge in [0.05, 0.1) is 18.0 Å². The summed E-state index contributed by atoms with van der Waals surface area (Å²) in [7, 11) is -4.64. The van der Waals surface area contributed by atoms with Crippen LogP contribution in [0.2, 0.25) is 0 Å². The SMILES string of the molecule is C=CCOS(=O)[O-].O=P(O)(O)O.[Na+]. The molecule has 0 aromatic rings. The van der Waals surface area contributed by atoms with E-state index in [0.29, 0.717) is 0 Å². The van der Waals surface area contributed by atoms with Crippen molar-refractivity contribution in [1.29, 1.82) is 0 Å². The maximum atomic E-state index is 9.49. The van der Waals surface area contributed by atoms with Crippen molar-refractivity contribution in [3.63, 3.8) is 0 Å². The van der Waals surface area contributed by atoms with Gasteiger partial charge in [0.15, 0.2) is 0 Å². The fourth-order valence-corrected chi connectivity index (χ4v) is 0.311. The standard InChI is InChI=1S/C3H6O3S.Na.H3O4P/c1-2-3-6-7(4)5;;1-5(2,3)4/h2H,1,3H2,(H,4,5);;(H3,1,2,3,4)/q;+1;/p-1. The maximum Gasteiger partial charge on any atom is 1.00 e. The van der Waals surface area contributed by atoms with E-state index in [2.05, 4.69) is 10.8 Å². The van der Waals surface area contributed by atoms with Gasteiger partial charge in [0.1, 0.15) is 0 Å². The minimum atomic E-state index is -4.64. The Kier molecular flexibility index (Phi) is 16.5. The van der Waals surface area contributed by atoms with E-state index in [0.717, 1.165) is 0 Å². The average Bonchev–Trinajstić information content (AvgIpc) is 1.79. The van der Waals surface area contributed by atoms with Gasteiger partial charge < -0.3 is 19.2 Å². The summed E-state index contributed by atoms with van der Waals surface area (Å²) in [6, 6.07) is 0. The van der Waals surface area contributed by atoms with E-state index < -0.39 is 19.2 Å². The van der Waals surface area contributed by atoms with E-state index in [-0.39, 0.29) is 36.2 Å². The molecule has 3 N–H and O–H groups in total. The summed E-state index contributed by atoms with van der Waals surface area (Å²) in [4.78, 5) is 21.6. The molecule has 0 heterocycles. The largest absolute Gasteiger partial charge is 1.00 e. The summed E-state index contributed by atoms with van der Waals surface area (Å²) in [5, 5.41) is 0. The summed E-state index contributed by atoms with van der Waals surface area (Å²) in [6.07, 6.45) is 1.36. The molecular weight excluding hydrogens is 234 g/mol. The number of rotatable bonds is 3. The Labute approximate surface area is 99.8 Å². The molecule has 0 radical (unpaired) electrons. The van der Waals surface area contributed by atoms with E-state index in [1.54, 1.807) is 0 Å². The molecule has 0 spiro atoms. The summed E-state index contributed by atoms with van der Waals surface area (Å²) in [6.45, 7) is 3.29. The molecule has 0 aromatic carbocycles. The molecule has 0 saturated heterocycles. The first-order valence-electron chi connectivity index (χ1n) is 2.39. The van der Waals surface area contributed by atoms with Gasteiger partial charge in [0.25, 0.3) is 0 Å². The van der Waals surface area contributed by atoms with Crippen LogP contribution < -0.4 is 29.6 Å².